The average Bonchev–Trinajstić information content (AvgIpc) is 3.06. The molecule has 0 bridgehead atoms. The molecule has 4 rings (SSSR count). The SMILES string of the molecule is COc1ccc(N2C(=O)/C(=C/c3ccc(F)cc3)N=C2[Se]c2ccc(C)cc2)cc1. The first-order valence-corrected chi connectivity index (χ1v) is 11.0. The zero-order chi connectivity index (χ0) is 21.1. The van der Waals surface area contributed by atoms with E-state index >= 15 is 0 Å². The molecule has 3 aromatic carbocycles. The molecule has 6 heteroatoms. The number of amides is 1. The van der Waals surface area contributed by atoms with Crippen molar-refractivity contribution in [3.05, 3.63) is 95.4 Å². The molecule has 0 atom stereocenters. The first-order chi connectivity index (χ1) is 14.5. The molecule has 4 nitrogen and oxygen atoms in total. The van der Waals surface area contributed by atoms with Gasteiger partial charge >= 0.3 is 181 Å². The van der Waals surface area contributed by atoms with Gasteiger partial charge in [0.2, 0.25) is 0 Å². The van der Waals surface area contributed by atoms with Crippen LogP contribution >= 0.6 is 0 Å². The van der Waals surface area contributed by atoms with E-state index in [-0.39, 0.29) is 26.7 Å². The van der Waals surface area contributed by atoms with Gasteiger partial charge < -0.3 is 0 Å². The third-order valence-corrected chi connectivity index (χ3v) is 6.59. The van der Waals surface area contributed by atoms with E-state index in [9.17, 15) is 9.18 Å². The molecule has 1 aliphatic heterocycles. The first-order valence-electron chi connectivity index (χ1n) is 9.32. The molecule has 150 valence electrons. The molecule has 3 aromatic rings. The average molecular weight is 465 g/mol. The van der Waals surface area contributed by atoms with Crippen molar-refractivity contribution >= 4 is 41.8 Å². The summed E-state index contributed by atoms with van der Waals surface area (Å²) >= 11 is -0.165. The third-order valence-electron chi connectivity index (χ3n) is 4.56. The van der Waals surface area contributed by atoms with Gasteiger partial charge in [-0.25, -0.2) is 0 Å². The second-order valence-corrected chi connectivity index (χ2v) is 8.91. The van der Waals surface area contributed by atoms with E-state index in [1.54, 1.807) is 30.2 Å². The van der Waals surface area contributed by atoms with E-state index < -0.39 is 0 Å². The number of aryl methyl sites for hydroxylation is 1. The Bertz CT molecular complexity index is 1120. The Labute approximate surface area is 180 Å². The number of hydrogen-bond donors (Lipinski definition) is 0. The zero-order valence-electron chi connectivity index (χ0n) is 16.5. The number of methoxy groups -OCH3 is 1. The Balaban J connectivity index is 1.72. The summed E-state index contributed by atoms with van der Waals surface area (Å²) in [5, 5.41) is 0. The molecule has 0 spiro atoms. The molecule has 0 saturated heterocycles. The van der Waals surface area contributed by atoms with Gasteiger partial charge in [-0.3, -0.25) is 0 Å². The van der Waals surface area contributed by atoms with E-state index in [4.69, 9.17) is 4.74 Å². The van der Waals surface area contributed by atoms with Gasteiger partial charge in [-0.05, 0) is 0 Å². The maximum absolute atomic E-state index is 13.2. The molecule has 0 radical (unpaired) electrons. The van der Waals surface area contributed by atoms with E-state index in [0.29, 0.717) is 10.4 Å². The van der Waals surface area contributed by atoms with Crippen LogP contribution < -0.4 is 14.1 Å². The van der Waals surface area contributed by atoms with Crippen molar-refractivity contribution < 1.29 is 13.9 Å². The quantitative estimate of drug-likeness (QED) is 0.424. The van der Waals surface area contributed by atoms with Crippen molar-refractivity contribution in [1.29, 1.82) is 0 Å². The number of hydrogen-bond acceptors (Lipinski definition) is 3. The number of ether oxygens (including phenoxy) is 1. The standard InChI is InChI=1S/C24H19FN2O2Se/c1-16-3-13-21(14-4-16)30-24-26-22(15-17-5-7-18(25)8-6-17)23(28)27(24)19-9-11-20(29-2)12-10-19/h3-15H,1-2H3/b22-15-. The predicted octanol–water partition coefficient (Wildman–Crippen LogP) is 3.92. The van der Waals surface area contributed by atoms with E-state index in [1.807, 2.05) is 31.2 Å². The molecule has 0 fully saturated rings. The Morgan fingerprint density at radius 2 is 1.63 bits per heavy atom. The molecule has 1 heterocycles. The van der Waals surface area contributed by atoms with Crippen LogP contribution in [0.2, 0.25) is 0 Å². The number of benzene rings is 3. The van der Waals surface area contributed by atoms with Crippen molar-refractivity contribution in [3.63, 3.8) is 0 Å². The van der Waals surface area contributed by atoms with E-state index in [1.165, 1.54) is 17.7 Å². The Hall–Kier alpha value is -3.21. The van der Waals surface area contributed by atoms with Crippen LogP contribution in [0.1, 0.15) is 11.1 Å². The van der Waals surface area contributed by atoms with Gasteiger partial charge in [-0.1, -0.05) is 0 Å². The van der Waals surface area contributed by atoms with Gasteiger partial charge in [-0.15, -0.1) is 0 Å². The monoisotopic (exact) mass is 466 g/mol. The van der Waals surface area contributed by atoms with Gasteiger partial charge in [0.25, 0.3) is 0 Å². The fraction of sp³-hybridized carbons (Fsp3) is 0.0833. The topological polar surface area (TPSA) is 41.9 Å². The van der Waals surface area contributed by atoms with Crippen LogP contribution in [0.25, 0.3) is 6.08 Å². The second kappa shape index (κ2) is 8.66. The van der Waals surface area contributed by atoms with Crippen LogP contribution in [-0.2, 0) is 4.79 Å². The summed E-state index contributed by atoms with van der Waals surface area (Å²) in [6.07, 6.45) is 1.69. The van der Waals surface area contributed by atoms with Crippen LogP contribution in [0, 0.1) is 12.7 Å². The first kappa shape index (κ1) is 20.1. The molecule has 1 aliphatic rings. The zero-order valence-corrected chi connectivity index (χ0v) is 18.2. The number of nitrogens with zero attached hydrogens (tertiary/aromatic N) is 2. The molecule has 0 N–H and O–H groups in total. The van der Waals surface area contributed by atoms with Crippen molar-refractivity contribution in [1.82, 2.24) is 0 Å². The van der Waals surface area contributed by atoms with Gasteiger partial charge in [0, 0.05) is 0 Å². The number of aliphatic imine (C=N–C) groups is 1. The molecular weight excluding hydrogens is 446 g/mol. The van der Waals surface area contributed by atoms with Crippen molar-refractivity contribution in [2.45, 2.75) is 6.92 Å². The van der Waals surface area contributed by atoms with Crippen molar-refractivity contribution in [3.8, 4) is 5.75 Å². The van der Waals surface area contributed by atoms with Crippen LogP contribution in [0.15, 0.2) is 83.5 Å². The normalized spacial score (nSPS) is 14.9. The van der Waals surface area contributed by atoms with Gasteiger partial charge in [-0.2, -0.15) is 0 Å². The Morgan fingerprint density at radius 1 is 0.967 bits per heavy atom. The fourth-order valence-electron chi connectivity index (χ4n) is 2.95. The minimum atomic E-state index is -0.318. The number of halogens is 1. The maximum atomic E-state index is 13.2. The summed E-state index contributed by atoms with van der Waals surface area (Å²) in [7, 11) is 1.60. The molecular formula is C24H19FN2O2Se. The predicted molar refractivity (Wildman–Crippen MR) is 119 cm³/mol. The second-order valence-electron chi connectivity index (χ2n) is 6.73. The van der Waals surface area contributed by atoms with Crippen LogP contribution in [0.3, 0.4) is 0 Å². The van der Waals surface area contributed by atoms with Gasteiger partial charge in [0.05, 0.1) is 0 Å². The molecule has 0 saturated carbocycles. The van der Waals surface area contributed by atoms with Crippen molar-refractivity contribution in [2.75, 3.05) is 12.0 Å². The number of carbonyl (C=O) groups excluding carboxylic acids is 1. The summed E-state index contributed by atoms with van der Waals surface area (Å²) < 4.78 is 20.3. The van der Waals surface area contributed by atoms with Crippen LogP contribution in [-0.4, -0.2) is 32.7 Å². The summed E-state index contributed by atoms with van der Waals surface area (Å²) in [5.74, 6) is 0.199. The van der Waals surface area contributed by atoms with Gasteiger partial charge in [0.1, 0.15) is 0 Å². The molecule has 30 heavy (non-hydrogen) atoms. The van der Waals surface area contributed by atoms with E-state index in [0.717, 1.165) is 21.5 Å². The van der Waals surface area contributed by atoms with Crippen LogP contribution in [0.4, 0.5) is 10.1 Å². The summed E-state index contributed by atoms with van der Waals surface area (Å²) in [6.45, 7) is 2.04. The van der Waals surface area contributed by atoms with E-state index in [2.05, 4.69) is 29.3 Å². The van der Waals surface area contributed by atoms with Crippen LogP contribution in [0.5, 0.6) is 5.75 Å². The number of carbonyl (C=O) groups is 1. The third kappa shape index (κ3) is 4.35. The molecule has 0 aromatic heterocycles. The summed E-state index contributed by atoms with van der Waals surface area (Å²) in [4.78, 5) is 19.5. The fourth-order valence-corrected chi connectivity index (χ4v) is 4.85. The summed E-state index contributed by atoms with van der Waals surface area (Å²) in [6, 6.07) is 21.6. The van der Waals surface area contributed by atoms with Gasteiger partial charge in [0.15, 0.2) is 0 Å². The molecule has 0 aliphatic carbocycles. The number of amidine groups is 1. The van der Waals surface area contributed by atoms with Crippen molar-refractivity contribution in [2.24, 2.45) is 4.99 Å². The Morgan fingerprint density at radius 3 is 2.27 bits per heavy atom. The minimum absolute atomic E-state index is 0.165. The Kier molecular flexibility index (Phi) is 5.79. The molecule has 0 unspecified atom stereocenters. The number of rotatable bonds is 5. The number of anilines is 1. The summed E-state index contributed by atoms with van der Waals surface area (Å²) in [5.41, 5.74) is 2.97. The molecule has 1 amide bonds.